The number of nitrogens with zero attached hydrogens (tertiary/aromatic N) is 3. The molecule has 2 aromatic rings. The number of fused-ring (bicyclic) bond motifs is 1. The number of carbonyl (C=O) groups excluding carboxylic acids is 2. The first kappa shape index (κ1) is 18.5. The Balaban J connectivity index is 1.43. The van der Waals surface area contributed by atoms with Crippen LogP contribution in [0.4, 0.5) is 0 Å². The van der Waals surface area contributed by atoms with Crippen LogP contribution in [0.2, 0.25) is 0 Å². The lowest BCUT2D eigenvalue weighted by atomic mass is 9.97. The van der Waals surface area contributed by atoms with Crippen LogP contribution in [0.5, 0.6) is 0 Å². The highest BCUT2D eigenvalue weighted by molar-refractivity contribution is 8.14. The van der Waals surface area contributed by atoms with E-state index in [9.17, 15) is 9.59 Å². The van der Waals surface area contributed by atoms with Crippen LogP contribution in [0.25, 0.3) is 0 Å². The topological polar surface area (TPSA) is 71.2 Å². The van der Waals surface area contributed by atoms with Gasteiger partial charge in [0.05, 0.1) is 18.0 Å². The zero-order chi connectivity index (χ0) is 19.5. The number of hydrogen-bond acceptors (Lipinski definition) is 6. The maximum atomic E-state index is 12.8. The summed E-state index contributed by atoms with van der Waals surface area (Å²) in [7, 11) is 0. The minimum atomic E-state index is 0.0754. The molecule has 2 aromatic carbocycles. The minimum Gasteiger partial charge on any atom is -0.299 e. The van der Waals surface area contributed by atoms with Gasteiger partial charge in [0.2, 0.25) is 0 Å². The van der Waals surface area contributed by atoms with Crippen molar-refractivity contribution in [3.05, 3.63) is 70.3 Å². The van der Waals surface area contributed by atoms with Gasteiger partial charge in [0, 0.05) is 24.6 Å². The molecule has 2 heterocycles. The number of thioether (sulfide) groups is 1. The Morgan fingerprint density at radius 2 is 2.00 bits per heavy atom. The quantitative estimate of drug-likeness (QED) is 0.704. The Morgan fingerprint density at radius 1 is 1.11 bits per heavy atom. The summed E-state index contributed by atoms with van der Waals surface area (Å²) < 4.78 is 0. The predicted molar refractivity (Wildman–Crippen MR) is 114 cm³/mol. The molecular weight excluding hydrogens is 370 g/mol. The Hall–Kier alpha value is -2.86. The summed E-state index contributed by atoms with van der Waals surface area (Å²) in [5.41, 5.74) is 5.71. The van der Waals surface area contributed by atoms with Crippen LogP contribution in [0.15, 0.2) is 57.7 Å². The molecule has 0 aromatic heterocycles. The molecule has 5 nitrogen and oxygen atoms in total. The van der Waals surface area contributed by atoms with Crippen LogP contribution in [0.3, 0.4) is 0 Å². The summed E-state index contributed by atoms with van der Waals surface area (Å²) in [6, 6.07) is 13.6. The van der Waals surface area contributed by atoms with Crippen molar-refractivity contribution in [2.75, 3.05) is 5.75 Å². The van der Waals surface area contributed by atoms with Gasteiger partial charge in [-0.05, 0) is 35.2 Å². The summed E-state index contributed by atoms with van der Waals surface area (Å²) in [5, 5.41) is 9.23. The molecule has 0 saturated carbocycles. The maximum absolute atomic E-state index is 12.8. The third-order valence-electron chi connectivity index (χ3n) is 4.62. The van der Waals surface area contributed by atoms with Crippen molar-refractivity contribution >= 4 is 40.3 Å². The van der Waals surface area contributed by atoms with Crippen molar-refractivity contribution in [1.29, 1.82) is 0 Å². The summed E-state index contributed by atoms with van der Waals surface area (Å²) >= 11 is 1.42. The fourth-order valence-corrected chi connectivity index (χ4v) is 3.90. The van der Waals surface area contributed by atoms with E-state index in [0.29, 0.717) is 30.7 Å². The van der Waals surface area contributed by atoms with Gasteiger partial charge < -0.3 is 0 Å². The molecule has 0 fully saturated rings. The van der Waals surface area contributed by atoms with Crippen LogP contribution in [0, 0.1) is 0 Å². The van der Waals surface area contributed by atoms with Crippen LogP contribution < -0.4 is 0 Å². The molecule has 6 heteroatoms. The van der Waals surface area contributed by atoms with Crippen LogP contribution in [-0.4, -0.2) is 34.3 Å². The van der Waals surface area contributed by atoms with Crippen LogP contribution >= 0.6 is 11.8 Å². The maximum Gasteiger partial charge on any atom is 0.167 e. The van der Waals surface area contributed by atoms with Crippen molar-refractivity contribution < 1.29 is 9.59 Å². The van der Waals surface area contributed by atoms with Crippen LogP contribution in [-0.2, 0) is 17.8 Å². The SMILES string of the molecule is CC(=O)CSC1=NN=C(c2cccc(C(=O)Cc3ccc4c(c3)CN=C4)c2)C1. The zero-order valence-electron chi connectivity index (χ0n) is 15.5. The number of rotatable bonds is 6. The number of carbonyl (C=O) groups is 2. The molecule has 0 bridgehead atoms. The fraction of sp³-hybridized carbons (Fsp3) is 0.227. The molecule has 0 atom stereocenters. The molecule has 2 aliphatic heterocycles. The summed E-state index contributed by atoms with van der Waals surface area (Å²) in [6.07, 6.45) is 2.83. The van der Waals surface area contributed by atoms with Gasteiger partial charge in [0.1, 0.15) is 10.8 Å². The Bertz CT molecular complexity index is 1050. The van der Waals surface area contributed by atoms with E-state index in [1.165, 1.54) is 17.3 Å². The number of ketones is 2. The molecule has 140 valence electrons. The largest absolute Gasteiger partial charge is 0.299 e. The number of aliphatic imine (C=N–C) groups is 1. The molecule has 0 unspecified atom stereocenters. The van der Waals surface area contributed by atoms with Gasteiger partial charge in [-0.3, -0.25) is 14.6 Å². The van der Waals surface area contributed by atoms with E-state index in [1.54, 1.807) is 6.92 Å². The Kier molecular flexibility index (Phi) is 5.30. The van der Waals surface area contributed by atoms with Crippen molar-refractivity contribution in [1.82, 2.24) is 0 Å². The zero-order valence-corrected chi connectivity index (χ0v) is 16.3. The monoisotopic (exact) mass is 389 g/mol. The van der Waals surface area contributed by atoms with Crippen LogP contribution in [0.1, 0.15) is 46.0 Å². The molecule has 0 amide bonds. The molecule has 0 saturated heterocycles. The first-order valence-corrected chi connectivity index (χ1v) is 10.1. The third-order valence-corrected chi connectivity index (χ3v) is 5.73. The highest BCUT2D eigenvalue weighted by Gasteiger charge is 2.17. The van der Waals surface area contributed by atoms with Gasteiger partial charge in [0.15, 0.2) is 5.78 Å². The van der Waals surface area contributed by atoms with Gasteiger partial charge in [0.25, 0.3) is 0 Å². The highest BCUT2D eigenvalue weighted by atomic mass is 32.2. The second kappa shape index (κ2) is 8.02. The summed E-state index contributed by atoms with van der Waals surface area (Å²) in [6.45, 7) is 2.25. The normalized spacial score (nSPS) is 14.6. The van der Waals surface area contributed by atoms with Gasteiger partial charge in [-0.1, -0.05) is 36.4 Å². The number of Topliss-reactive ketones (excluding diaryl/α,β-unsaturated/α-hetero) is 2. The second-order valence-electron chi connectivity index (χ2n) is 6.89. The van der Waals surface area contributed by atoms with E-state index in [4.69, 9.17) is 0 Å². The van der Waals surface area contributed by atoms with Crippen molar-refractivity contribution in [3.63, 3.8) is 0 Å². The molecular formula is C22H19N3O2S. The van der Waals surface area contributed by atoms with E-state index in [-0.39, 0.29) is 11.6 Å². The van der Waals surface area contributed by atoms with E-state index < -0.39 is 0 Å². The highest BCUT2D eigenvalue weighted by Crippen LogP contribution is 2.21. The van der Waals surface area contributed by atoms with Gasteiger partial charge in [-0.15, -0.1) is 16.9 Å². The Morgan fingerprint density at radius 3 is 2.86 bits per heavy atom. The fourth-order valence-electron chi connectivity index (χ4n) is 3.19. The molecule has 0 aliphatic carbocycles. The first-order chi connectivity index (χ1) is 13.6. The third kappa shape index (κ3) is 4.17. The number of hydrogen-bond donors (Lipinski definition) is 0. The van der Waals surface area contributed by atoms with E-state index >= 15 is 0 Å². The van der Waals surface area contributed by atoms with Gasteiger partial charge >= 0.3 is 0 Å². The lowest BCUT2D eigenvalue weighted by Gasteiger charge is -2.06. The molecule has 28 heavy (non-hydrogen) atoms. The van der Waals surface area contributed by atoms with Gasteiger partial charge in [-0.25, -0.2) is 0 Å². The molecule has 0 radical (unpaired) electrons. The standard InChI is InChI=1S/C22H19N3O2S/c1-14(26)13-28-22-10-20(24-25-22)16-3-2-4-17(9-16)21(27)8-15-5-6-18-11-23-12-19(18)7-15/h2-7,9,11H,8,10,12-13H2,1H3. The lowest BCUT2D eigenvalue weighted by molar-refractivity contribution is -0.114. The predicted octanol–water partition coefficient (Wildman–Crippen LogP) is 3.87. The average molecular weight is 389 g/mol. The van der Waals surface area contributed by atoms with Crippen molar-refractivity contribution in [2.24, 2.45) is 15.2 Å². The molecule has 2 aliphatic rings. The minimum absolute atomic E-state index is 0.0754. The lowest BCUT2D eigenvalue weighted by Crippen LogP contribution is -2.08. The smallest absolute Gasteiger partial charge is 0.167 e. The van der Waals surface area contributed by atoms with Crippen molar-refractivity contribution in [3.8, 4) is 0 Å². The number of benzene rings is 2. The molecule has 4 rings (SSSR count). The average Bonchev–Trinajstić information content (AvgIpc) is 3.35. The molecule has 0 spiro atoms. The summed E-state index contributed by atoms with van der Waals surface area (Å²) in [5.74, 6) is 0.602. The first-order valence-electron chi connectivity index (χ1n) is 9.09. The Labute approximate surface area is 167 Å². The summed E-state index contributed by atoms with van der Waals surface area (Å²) in [4.78, 5) is 28.2. The van der Waals surface area contributed by atoms with E-state index in [0.717, 1.165) is 27.4 Å². The van der Waals surface area contributed by atoms with E-state index in [1.807, 2.05) is 42.6 Å². The molecule has 0 N–H and O–H groups in total. The van der Waals surface area contributed by atoms with Gasteiger partial charge in [-0.2, -0.15) is 5.10 Å². The van der Waals surface area contributed by atoms with Crippen molar-refractivity contribution in [2.45, 2.75) is 26.3 Å². The second-order valence-corrected chi connectivity index (χ2v) is 7.94. The van der Waals surface area contributed by atoms with E-state index in [2.05, 4.69) is 21.3 Å².